The fourth-order valence-electron chi connectivity index (χ4n) is 3.87. The highest BCUT2D eigenvalue weighted by Crippen LogP contribution is 2.37. The molecule has 4 aromatic rings. The Labute approximate surface area is 222 Å². The predicted molar refractivity (Wildman–Crippen MR) is 137 cm³/mol. The molecule has 2 aromatic carbocycles. The molecule has 0 bridgehead atoms. The standard InChI is InChI=1S/C25H23F3N2O5S3/c1-16-21(17(2)35-29-16)15-30(38(33,34)24-10-5-4-9-22(24)25(26,27)28)14-19-11-12-23(36-19)18-7-6-8-20(13-18)37(3,31)32/h4-13H,14-15H2,1-3H3. The van der Waals surface area contributed by atoms with Gasteiger partial charge < -0.3 is 4.52 Å². The summed E-state index contributed by atoms with van der Waals surface area (Å²) in [5, 5.41) is 3.84. The molecule has 0 amide bonds. The van der Waals surface area contributed by atoms with Gasteiger partial charge in [-0.05, 0) is 55.8 Å². The number of sulfonamides is 1. The third-order valence-corrected chi connectivity index (χ3v) is 9.95. The molecule has 0 aliphatic rings. The Morgan fingerprint density at radius 3 is 2.29 bits per heavy atom. The molecular weight excluding hydrogens is 561 g/mol. The Morgan fingerprint density at radius 2 is 1.66 bits per heavy atom. The van der Waals surface area contributed by atoms with E-state index in [2.05, 4.69) is 5.16 Å². The van der Waals surface area contributed by atoms with Gasteiger partial charge in [-0.2, -0.15) is 17.5 Å². The van der Waals surface area contributed by atoms with Crippen molar-refractivity contribution in [1.29, 1.82) is 0 Å². The zero-order valence-electron chi connectivity index (χ0n) is 20.5. The van der Waals surface area contributed by atoms with Gasteiger partial charge in [0.1, 0.15) is 5.76 Å². The number of aryl methyl sites for hydroxylation is 2. The van der Waals surface area contributed by atoms with Crippen molar-refractivity contribution in [1.82, 2.24) is 9.46 Å². The van der Waals surface area contributed by atoms with Crippen molar-refractivity contribution in [3.63, 3.8) is 0 Å². The number of halogens is 3. The molecule has 0 unspecified atom stereocenters. The van der Waals surface area contributed by atoms with Crippen LogP contribution in [0, 0.1) is 13.8 Å². The number of alkyl halides is 3. The zero-order valence-corrected chi connectivity index (χ0v) is 22.9. The second kappa shape index (κ2) is 10.3. The molecule has 4 rings (SSSR count). The van der Waals surface area contributed by atoms with Crippen molar-refractivity contribution in [3.05, 3.63) is 88.1 Å². The topological polar surface area (TPSA) is 97.6 Å². The summed E-state index contributed by atoms with van der Waals surface area (Å²) in [6.07, 6.45) is -3.78. The van der Waals surface area contributed by atoms with Crippen molar-refractivity contribution in [2.45, 2.75) is 42.9 Å². The highest BCUT2D eigenvalue weighted by atomic mass is 32.2. The van der Waals surface area contributed by atoms with E-state index in [9.17, 15) is 30.0 Å². The summed E-state index contributed by atoms with van der Waals surface area (Å²) in [5.41, 5.74) is 0.243. The Hall–Kier alpha value is -3.00. The average molecular weight is 585 g/mol. The molecule has 2 heterocycles. The minimum Gasteiger partial charge on any atom is -0.361 e. The van der Waals surface area contributed by atoms with Crippen molar-refractivity contribution in [2.24, 2.45) is 0 Å². The first-order valence-electron chi connectivity index (χ1n) is 11.2. The molecule has 0 spiro atoms. The Kier molecular flexibility index (Phi) is 7.58. The molecule has 202 valence electrons. The summed E-state index contributed by atoms with van der Waals surface area (Å²) in [5.74, 6) is 0.358. The Morgan fingerprint density at radius 1 is 0.947 bits per heavy atom. The van der Waals surface area contributed by atoms with Crippen LogP contribution in [-0.4, -0.2) is 32.6 Å². The first kappa shape index (κ1) is 28.0. The molecule has 0 saturated heterocycles. The lowest BCUT2D eigenvalue weighted by Crippen LogP contribution is -2.32. The molecule has 0 saturated carbocycles. The number of nitrogens with zero attached hydrogens (tertiary/aromatic N) is 2. The third-order valence-electron chi connectivity index (χ3n) is 5.87. The van der Waals surface area contributed by atoms with Crippen LogP contribution in [0.15, 0.2) is 75.0 Å². The molecule has 13 heteroatoms. The maximum absolute atomic E-state index is 13.7. The van der Waals surface area contributed by atoms with Gasteiger partial charge >= 0.3 is 6.18 Å². The number of sulfone groups is 1. The molecule has 38 heavy (non-hydrogen) atoms. The minimum absolute atomic E-state index is 0.135. The van der Waals surface area contributed by atoms with E-state index in [1.54, 1.807) is 38.1 Å². The van der Waals surface area contributed by atoms with E-state index >= 15 is 0 Å². The van der Waals surface area contributed by atoms with Gasteiger partial charge in [-0.3, -0.25) is 0 Å². The quantitative estimate of drug-likeness (QED) is 0.258. The number of hydrogen-bond donors (Lipinski definition) is 0. The smallest absolute Gasteiger partial charge is 0.361 e. The second-order valence-electron chi connectivity index (χ2n) is 8.64. The summed E-state index contributed by atoms with van der Waals surface area (Å²) in [6.45, 7) is 2.74. The normalized spacial score (nSPS) is 12.8. The monoisotopic (exact) mass is 584 g/mol. The van der Waals surface area contributed by atoms with Crippen LogP contribution >= 0.6 is 11.3 Å². The molecule has 0 radical (unpaired) electrons. The molecule has 0 fully saturated rings. The highest BCUT2D eigenvalue weighted by molar-refractivity contribution is 7.90. The van der Waals surface area contributed by atoms with Gasteiger partial charge in [0.2, 0.25) is 10.0 Å². The van der Waals surface area contributed by atoms with E-state index in [0.717, 1.165) is 28.8 Å². The number of aromatic nitrogens is 1. The van der Waals surface area contributed by atoms with Gasteiger partial charge in [0.15, 0.2) is 9.84 Å². The maximum Gasteiger partial charge on any atom is 0.417 e. The van der Waals surface area contributed by atoms with Crippen LogP contribution < -0.4 is 0 Å². The Bertz CT molecular complexity index is 1670. The van der Waals surface area contributed by atoms with Crippen molar-refractivity contribution >= 4 is 31.2 Å². The number of hydrogen-bond acceptors (Lipinski definition) is 7. The zero-order chi connectivity index (χ0) is 27.9. The van der Waals surface area contributed by atoms with Crippen LogP contribution in [-0.2, 0) is 39.1 Å². The summed E-state index contributed by atoms with van der Waals surface area (Å²) in [4.78, 5) is 0.508. The van der Waals surface area contributed by atoms with E-state index in [1.807, 2.05) is 0 Å². The third kappa shape index (κ3) is 5.85. The van der Waals surface area contributed by atoms with Crippen LogP contribution in [0.4, 0.5) is 13.2 Å². The number of rotatable bonds is 8. The van der Waals surface area contributed by atoms with Gasteiger partial charge in [0.25, 0.3) is 0 Å². The van der Waals surface area contributed by atoms with Crippen LogP contribution in [0.25, 0.3) is 10.4 Å². The lowest BCUT2D eigenvalue weighted by atomic mass is 10.2. The SMILES string of the molecule is Cc1noc(C)c1CN(Cc1ccc(-c2cccc(S(C)(=O)=O)c2)s1)S(=O)(=O)c1ccccc1C(F)(F)F. The van der Waals surface area contributed by atoms with Gasteiger partial charge in [0, 0.05) is 34.7 Å². The van der Waals surface area contributed by atoms with Crippen LogP contribution in [0.1, 0.15) is 27.5 Å². The lowest BCUT2D eigenvalue weighted by Gasteiger charge is -2.23. The fourth-order valence-corrected chi connectivity index (χ4v) is 7.23. The largest absolute Gasteiger partial charge is 0.417 e. The van der Waals surface area contributed by atoms with E-state index in [0.29, 0.717) is 32.3 Å². The highest BCUT2D eigenvalue weighted by Gasteiger charge is 2.39. The molecule has 0 aliphatic carbocycles. The first-order chi connectivity index (χ1) is 17.7. The number of thiophene rings is 1. The summed E-state index contributed by atoms with van der Waals surface area (Å²) in [6, 6.07) is 13.8. The lowest BCUT2D eigenvalue weighted by molar-refractivity contribution is -0.139. The minimum atomic E-state index is -4.88. The van der Waals surface area contributed by atoms with Crippen LogP contribution in [0.5, 0.6) is 0 Å². The summed E-state index contributed by atoms with van der Waals surface area (Å²) >= 11 is 1.21. The summed E-state index contributed by atoms with van der Waals surface area (Å²) < 4.78 is 98.6. The van der Waals surface area contributed by atoms with Crippen molar-refractivity contribution in [3.8, 4) is 10.4 Å². The molecule has 0 aliphatic heterocycles. The van der Waals surface area contributed by atoms with Gasteiger partial charge in [0.05, 0.1) is 21.0 Å². The van der Waals surface area contributed by atoms with Crippen molar-refractivity contribution in [2.75, 3.05) is 6.26 Å². The average Bonchev–Trinajstić information content (AvgIpc) is 3.44. The fraction of sp³-hybridized carbons (Fsp3) is 0.240. The number of benzene rings is 2. The molecule has 2 aromatic heterocycles. The van der Waals surface area contributed by atoms with Crippen LogP contribution in [0.3, 0.4) is 0 Å². The first-order valence-corrected chi connectivity index (χ1v) is 15.3. The molecule has 7 nitrogen and oxygen atoms in total. The van der Waals surface area contributed by atoms with Crippen LogP contribution in [0.2, 0.25) is 0 Å². The van der Waals surface area contributed by atoms with E-state index in [4.69, 9.17) is 4.52 Å². The molecule has 0 atom stereocenters. The van der Waals surface area contributed by atoms with Crippen molar-refractivity contribution < 1.29 is 34.5 Å². The van der Waals surface area contributed by atoms with E-state index in [-0.39, 0.29) is 18.0 Å². The molecular formula is C25H23F3N2O5S3. The van der Waals surface area contributed by atoms with E-state index in [1.165, 1.54) is 29.5 Å². The van der Waals surface area contributed by atoms with Gasteiger partial charge in [-0.1, -0.05) is 29.4 Å². The van der Waals surface area contributed by atoms with E-state index < -0.39 is 36.5 Å². The Balaban J connectivity index is 1.76. The summed E-state index contributed by atoms with van der Waals surface area (Å²) in [7, 11) is -8.07. The van der Waals surface area contributed by atoms with Gasteiger partial charge in [-0.15, -0.1) is 11.3 Å². The van der Waals surface area contributed by atoms with Gasteiger partial charge in [-0.25, -0.2) is 16.8 Å². The predicted octanol–water partition coefficient (Wildman–Crippen LogP) is 5.83. The maximum atomic E-state index is 13.7. The molecule has 0 N–H and O–H groups in total. The second-order valence-corrected chi connectivity index (χ2v) is 13.7.